The summed E-state index contributed by atoms with van der Waals surface area (Å²) >= 11 is 0. The average Bonchev–Trinajstić information content (AvgIpc) is 3.26. The second kappa shape index (κ2) is 6.39. The summed E-state index contributed by atoms with van der Waals surface area (Å²) in [5, 5.41) is 8.70. The fourth-order valence-electron chi connectivity index (χ4n) is 4.12. The lowest BCUT2D eigenvalue weighted by molar-refractivity contribution is 0.347. The first-order valence-electron chi connectivity index (χ1n) is 8.89. The Balaban J connectivity index is 1.66. The number of hydrogen-bond acceptors (Lipinski definition) is 4. The first kappa shape index (κ1) is 15.9. The molecule has 0 unspecified atom stereocenters. The van der Waals surface area contributed by atoms with Crippen molar-refractivity contribution < 1.29 is 0 Å². The molecular weight excluding hydrogens is 310 g/mol. The maximum atomic E-state index is 4.38. The zero-order chi connectivity index (χ0) is 17.3. The zero-order valence-electron chi connectivity index (χ0n) is 14.8. The van der Waals surface area contributed by atoms with Crippen LogP contribution >= 0.6 is 0 Å². The summed E-state index contributed by atoms with van der Waals surface area (Å²) < 4.78 is 1.99. The van der Waals surface area contributed by atoms with Gasteiger partial charge >= 0.3 is 0 Å². The third kappa shape index (κ3) is 3.18. The molecule has 1 fully saturated rings. The molecule has 0 spiro atoms. The third-order valence-corrected chi connectivity index (χ3v) is 5.25. The van der Waals surface area contributed by atoms with Crippen molar-refractivity contribution in [2.24, 2.45) is 0 Å². The summed E-state index contributed by atoms with van der Waals surface area (Å²) in [6.07, 6.45) is 12.1. The third-order valence-electron chi connectivity index (χ3n) is 5.25. The van der Waals surface area contributed by atoms with Crippen molar-refractivity contribution in [1.82, 2.24) is 25.0 Å². The Labute approximate surface area is 148 Å². The molecule has 128 valence electrons. The molecule has 0 saturated heterocycles. The van der Waals surface area contributed by atoms with E-state index in [0.29, 0.717) is 0 Å². The topological polar surface area (TPSA) is 56.5 Å². The molecule has 3 aromatic rings. The average molecular weight is 333 g/mol. The first-order chi connectivity index (χ1) is 12.1. The van der Waals surface area contributed by atoms with E-state index in [1.807, 2.05) is 10.9 Å². The highest BCUT2D eigenvalue weighted by Crippen LogP contribution is 2.43. The van der Waals surface area contributed by atoms with E-state index in [4.69, 9.17) is 0 Å². The zero-order valence-corrected chi connectivity index (χ0v) is 14.8. The number of hydrogen-bond donors (Lipinski definition) is 0. The molecule has 0 radical (unpaired) electrons. The van der Waals surface area contributed by atoms with Gasteiger partial charge in [0, 0.05) is 23.4 Å². The minimum atomic E-state index is 0.162. The number of benzene rings is 1. The van der Waals surface area contributed by atoms with Gasteiger partial charge in [-0.1, -0.05) is 47.4 Å². The predicted molar refractivity (Wildman–Crippen MR) is 97.1 cm³/mol. The fraction of sp³-hybridized carbons (Fsp3) is 0.400. The highest BCUT2D eigenvalue weighted by atomic mass is 15.4. The lowest BCUT2D eigenvalue weighted by atomic mass is 9.77. The first-order valence-corrected chi connectivity index (χ1v) is 8.89. The standard InChI is InChI=1S/C20H23N5/c1-15-7-16(2)9-18(8-15)20(5-3-4-6-20)13-25-12-19(23-24-25)17-10-21-14-22-11-17/h7-12,14H,3-6,13H2,1-2H3. The van der Waals surface area contributed by atoms with E-state index in [-0.39, 0.29) is 5.41 Å². The summed E-state index contributed by atoms with van der Waals surface area (Å²) in [7, 11) is 0. The van der Waals surface area contributed by atoms with Gasteiger partial charge in [0.25, 0.3) is 0 Å². The largest absolute Gasteiger partial charge is 0.251 e. The Morgan fingerprint density at radius 2 is 1.68 bits per heavy atom. The second-order valence-electron chi connectivity index (χ2n) is 7.29. The predicted octanol–water partition coefficient (Wildman–Crippen LogP) is 3.86. The van der Waals surface area contributed by atoms with Crippen LogP contribution in [0.5, 0.6) is 0 Å². The van der Waals surface area contributed by atoms with Gasteiger partial charge in [-0.15, -0.1) is 5.10 Å². The van der Waals surface area contributed by atoms with Gasteiger partial charge in [-0.2, -0.15) is 0 Å². The molecule has 0 amide bonds. The minimum absolute atomic E-state index is 0.162. The molecule has 2 aromatic heterocycles. The molecule has 1 aliphatic carbocycles. The van der Waals surface area contributed by atoms with Crippen LogP contribution in [-0.2, 0) is 12.0 Å². The van der Waals surface area contributed by atoms with Crippen molar-refractivity contribution in [3.8, 4) is 11.3 Å². The lowest BCUT2D eigenvalue weighted by Crippen LogP contribution is -2.29. The Morgan fingerprint density at radius 1 is 1.00 bits per heavy atom. The van der Waals surface area contributed by atoms with Gasteiger partial charge in [-0.05, 0) is 32.3 Å². The van der Waals surface area contributed by atoms with E-state index < -0.39 is 0 Å². The van der Waals surface area contributed by atoms with E-state index in [2.05, 4.69) is 52.3 Å². The molecular formula is C20H23N5. The van der Waals surface area contributed by atoms with E-state index in [9.17, 15) is 0 Å². The van der Waals surface area contributed by atoms with Crippen molar-refractivity contribution in [1.29, 1.82) is 0 Å². The number of rotatable bonds is 4. The van der Waals surface area contributed by atoms with Crippen LogP contribution < -0.4 is 0 Å². The molecule has 0 N–H and O–H groups in total. The number of nitrogens with zero attached hydrogens (tertiary/aromatic N) is 5. The molecule has 5 nitrogen and oxygen atoms in total. The summed E-state index contributed by atoms with van der Waals surface area (Å²) in [6.45, 7) is 5.24. The van der Waals surface area contributed by atoms with Crippen molar-refractivity contribution in [2.75, 3.05) is 0 Å². The molecule has 0 bridgehead atoms. The number of aryl methyl sites for hydroxylation is 2. The van der Waals surface area contributed by atoms with Gasteiger partial charge in [-0.3, -0.25) is 4.68 Å². The molecule has 4 rings (SSSR count). The molecule has 1 aromatic carbocycles. The normalized spacial score (nSPS) is 16.2. The van der Waals surface area contributed by atoms with Gasteiger partial charge in [0.2, 0.25) is 0 Å². The highest BCUT2D eigenvalue weighted by molar-refractivity contribution is 5.54. The van der Waals surface area contributed by atoms with Crippen molar-refractivity contribution in [3.05, 3.63) is 59.8 Å². The maximum Gasteiger partial charge on any atom is 0.116 e. The van der Waals surface area contributed by atoms with Gasteiger partial charge in [-0.25, -0.2) is 9.97 Å². The van der Waals surface area contributed by atoms with Crippen LogP contribution in [0.25, 0.3) is 11.3 Å². The molecule has 0 aliphatic heterocycles. The van der Waals surface area contributed by atoms with Gasteiger partial charge < -0.3 is 0 Å². The Kier molecular flexibility index (Phi) is 4.07. The van der Waals surface area contributed by atoms with Crippen LogP contribution in [-0.4, -0.2) is 25.0 Å². The summed E-state index contributed by atoms with van der Waals surface area (Å²) in [5.41, 5.74) is 6.01. The van der Waals surface area contributed by atoms with Crippen LogP contribution in [0.15, 0.2) is 43.1 Å². The Bertz CT molecular complexity index is 843. The van der Waals surface area contributed by atoms with Crippen molar-refractivity contribution in [2.45, 2.75) is 51.5 Å². The Morgan fingerprint density at radius 3 is 2.36 bits per heavy atom. The molecule has 1 aliphatic rings. The molecule has 1 saturated carbocycles. The lowest BCUT2D eigenvalue weighted by Gasteiger charge is -2.30. The highest BCUT2D eigenvalue weighted by Gasteiger charge is 2.36. The Hall–Kier alpha value is -2.56. The van der Waals surface area contributed by atoms with E-state index >= 15 is 0 Å². The van der Waals surface area contributed by atoms with Crippen LogP contribution in [0.1, 0.15) is 42.4 Å². The van der Waals surface area contributed by atoms with Gasteiger partial charge in [0.15, 0.2) is 0 Å². The van der Waals surface area contributed by atoms with Crippen LogP contribution in [0.3, 0.4) is 0 Å². The molecule has 2 heterocycles. The summed E-state index contributed by atoms with van der Waals surface area (Å²) in [5.74, 6) is 0. The molecule has 25 heavy (non-hydrogen) atoms. The fourth-order valence-corrected chi connectivity index (χ4v) is 4.12. The van der Waals surface area contributed by atoms with E-state index in [1.54, 1.807) is 12.4 Å². The van der Waals surface area contributed by atoms with Gasteiger partial charge in [0.1, 0.15) is 12.0 Å². The summed E-state index contributed by atoms with van der Waals surface area (Å²) in [4.78, 5) is 8.13. The minimum Gasteiger partial charge on any atom is -0.251 e. The van der Waals surface area contributed by atoms with Crippen LogP contribution in [0.2, 0.25) is 0 Å². The SMILES string of the molecule is Cc1cc(C)cc(C2(Cn3cc(-c4cncnc4)nn3)CCCC2)c1. The van der Waals surface area contributed by atoms with E-state index in [0.717, 1.165) is 17.8 Å². The molecule has 0 atom stereocenters. The summed E-state index contributed by atoms with van der Waals surface area (Å²) in [6, 6.07) is 6.94. The van der Waals surface area contributed by atoms with Crippen LogP contribution in [0.4, 0.5) is 0 Å². The number of aromatic nitrogens is 5. The maximum absolute atomic E-state index is 4.38. The van der Waals surface area contributed by atoms with Crippen LogP contribution in [0, 0.1) is 13.8 Å². The smallest absolute Gasteiger partial charge is 0.116 e. The van der Waals surface area contributed by atoms with E-state index in [1.165, 1.54) is 48.7 Å². The van der Waals surface area contributed by atoms with Crippen molar-refractivity contribution >= 4 is 0 Å². The second-order valence-corrected chi connectivity index (χ2v) is 7.29. The monoisotopic (exact) mass is 333 g/mol. The van der Waals surface area contributed by atoms with Gasteiger partial charge in [0.05, 0.1) is 12.7 Å². The molecule has 5 heteroatoms. The quantitative estimate of drug-likeness (QED) is 0.727. The van der Waals surface area contributed by atoms with Crippen molar-refractivity contribution in [3.63, 3.8) is 0 Å².